The first kappa shape index (κ1) is 59.1. The fourth-order valence-corrected chi connectivity index (χ4v) is 10.4. The van der Waals surface area contributed by atoms with E-state index in [1.165, 1.54) is 38.5 Å². The summed E-state index contributed by atoms with van der Waals surface area (Å²) in [5.74, 6) is -1.07. The molecule has 0 N–H and O–H groups in total. The number of carbonyl (C=O) groups is 6. The molecule has 0 saturated heterocycles. The van der Waals surface area contributed by atoms with Crippen LogP contribution in [0, 0.1) is 28.6 Å². The molecule has 9 nitrogen and oxygen atoms in total. The largest absolute Gasteiger partial charge is 0.465 e. The lowest BCUT2D eigenvalue weighted by atomic mass is 9.66. The van der Waals surface area contributed by atoms with Crippen molar-refractivity contribution < 1.29 is 43.0 Å². The second-order valence-electron chi connectivity index (χ2n) is 22.2. The molecule has 0 aliphatic heterocycles. The molecule has 0 bridgehead atoms. The number of hydrogen-bond acceptors (Lipinski definition) is 9. The molecule has 0 aromatic carbocycles. The van der Waals surface area contributed by atoms with Crippen LogP contribution in [0.2, 0.25) is 0 Å². The van der Waals surface area contributed by atoms with Gasteiger partial charge in [0.1, 0.15) is 5.78 Å². The summed E-state index contributed by atoms with van der Waals surface area (Å²) in [7, 11) is 0. The Kier molecular flexibility index (Phi) is 24.1. The van der Waals surface area contributed by atoms with Crippen molar-refractivity contribution in [3.05, 3.63) is 130 Å². The lowest BCUT2D eigenvalue weighted by molar-refractivity contribution is -0.158. The lowest BCUT2D eigenvalue weighted by Gasteiger charge is -2.36. The van der Waals surface area contributed by atoms with Gasteiger partial charge in [0, 0.05) is 25.2 Å². The maximum Gasteiger partial charge on any atom is 0.307 e. The smallest absolute Gasteiger partial charge is 0.307 e. The molecule has 0 spiro atoms. The van der Waals surface area contributed by atoms with Crippen LogP contribution in [-0.2, 0) is 43.0 Å². The van der Waals surface area contributed by atoms with Crippen molar-refractivity contribution in [3.63, 3.8) is 0 Å². The van der Waals surface area contributed by atoms with Crippen molar-refractivity contribution in [1.29, 1.82) is 0 Å². The molecule has 2 unspecified atom stereocenters. The van der Waals surface area contributed by atoms with E-state index in [2.05, 4.69) is 13.8 Å². The first-order valence-corrected chi connectivity index (χ1v) is 26.8. The average Bonchev–Trinajstić information content (AvgIpc) is 3.33. The zero-order valence-corrected chi connectivity index (χ0v) is 45.5. The monoisotopic (exact) mass is 987 g/mol. The molecule has 2 atom stereocenters. The van der Waals surface area contributed by atoms with Gasteiger partial charge in [-0.3, -0.25) is 28.8 Å². The van der Waals surface area contributed by atoms with Crippen molar-refractivity contribution in [3.8, 4) is 0 Å². The van der Waals surface area contributed by atoms with Crippen LogP contribution >= 0.6 is 0 Å². The number of hydrogen-bond donors (Lipinski definition) is 0. The summed E-state index contributed by atoms with van der Waals surface area (Å²) in [6.07, 6.45) is 40.1. The summed E-state index contributed by atoms with van der Waals surface area (Å²) < 4.78 is 16.5. The van der Waals surface area contributed by atoms with E-state index < -0.39 is 23.5 Å². The molecule has 0 heterocycles. The minimum atomic E-state index is -0.879. The van der Waals surface area contributed by atoms with Gasteiger partial charge in [0.2, 0.25) is 0 Å². The molecule has 4 aliphatic rings. The summed E-state index contributed by atoms with van der Waals surface area (Å²) in [5, 5.41) is 0. The number of esters is 3. The molecule has 0 amide bonds. The Bertz CT molecular complexity index is 2140. The molecule has 2 fully saturated rings. The third-order valence-corrected chi connectivity index (χ3v) is 14.7. The number of carbonyl (C=O) groups excluding carboxylic acids is 6. The SMILES string of the molecule is CC1=C(/C=C/C(C)=C/C=C/C(C)=C/C=C/C=C(C)/C=C/C=C(C)/C=C/C2=C(C)C(=O)C(OC(=O)CCC(=O)OCC3CCCCC3)CC2(C)C)C(C)(C)CC(CC(=O)CCC(=O)OCC2CCCCC2)C1=O. The number of ether oxygens (including phenoxy) is 3. The maximum absolute atomic E-state index is 13.5. The Morgan fingerprint density at radius 3 is 1.40 bits per heavy atom. The first-order valence-electron chi connectivity index (χ1n) is 26.8. The normalized spacial score (nSPS) is 22.4. The lowest BCUT2D eigenvalue weighted by Crippen LogP contribution is -2.39. The average molecular weight is 987 g/mol. The van der Waals surface area contributed by atoms with Gasteiger partial charge in [-0.15, -0.1) is 0 Å². The van der Waals surface area contributed by atoms with E-state index in [4.69, 9.17) is 14.2 Å². The van der Waals surface area contributed by atoms with Crippen LogP contribution in [0.5, 0.6) is 0 Å². The van der Waals surface area contributed by atoms with E-state index in [-0.39, 0.29) is 66.8 Å². The predicted molar refractivity (Wildman–Crippen MR) is 289 cm³/mol. The van der Waals surface area contributed by atoms with Crippen LogP contribution in [0.4, 0.5) is 0 Å². The predicted octanol–water partition coefficient (Wildman–Crippen LogP) is 14.5. The van der Waals surface area contributed by atoms with Crippen LogP contribution in [0.3, 0.4) is 0 Å². The second-order valence-corrected chi connectivity index (χ2v) is 22.2. The zero-order valence-electron chi connectivity index (χ0n) is 45.5. The topological polar surface area (TPSA) is 130 Å². The van der Waals surface area contributed by atoms with Gasteiger partial charge in [-0.05, 0) is 119 Å². The first-order chi connectivity index (χ1) is 34.1. The van der Waals surface area contributed by atoms with Crippen molar-refractivity contribution in [1.82, 2.24) is 0 Å². The molecule has 9 heteroatoms. The van der Waals surface area contributed by atoms with Crippen LogP contribution in [0.15, 0.2) is 130 Å². The minimum Gasteiger partial charge on any atom is -0.465 e. The quantitative estimate of drug-likeness (QED) is 0.0558. The highest BCUT2D eigenvalue weighted by molar-refractivity contribution is 6.02. The fourth-order valence-electron chi connectivity index (χ4n) is 10.4. The van der Waals surface area contributed by atoms with E-state index in [0.717, 1.165) is 59.1 Å². The Balaban J connectivity index is 1.20. The Morgan fingerprint density at radius 1 is 0.514 bits per heavy atom. The van der Waals surface area contributed by atoms with Crippen LogP contribution in [-0.4, -0.2) is 54.6 Å². The number of allylic oxidation sites excluding steroid dienone is 21. The Labute approximate surface area is 432 Å². The van der Waals surface area contributed by atoms with Crippen LogP contribution in [0.25, 0.3) is 0 Å². The maximum atomic E-state index is 13.5. The summed E-state index contributed by atoms with van der Waals surface area (Å²) in [5.41, 5.74) is 6.71. The number of rotatable bonds is 23. The highest BCUT2D eigenvalue weighted by Gasteiger charge is 2.40. The van der Waals surface area contributed by atoms with Gasteiger partial charge in [0.15, 0.2) is 17.7 Å². The molecule has 2 saturated carbocycles. The molecule has 0 aromatic rings. The van der Waals surface area contributed by atoms with Gasteiger partial charge in [-0.25, -0.2) is 0 Å². The van der Waals surface area contributed by atoms with Crippen molar-refractivity contribution in [2.75, 3.05) is 13.2 Å². The highest BCUT2D eigenvalue weighted by atomic mass is 16.6. The number of ketones is 3. The summed E-state index contributed by atoms with van der Waals surface area (Å²) in [4.78, 5) is 76.9. The molecule has 4 rings (SSSR count). The molecule has 392 valence electrons. The van der Waals surface area contributed by atoms with Gasteiger partial charge in [-0.2, -0.15) is 0 Å². The van der Waals surface area contributed by atoms with E-state index in [1.54, 1.807) is 6.92 Å². The van der Waals surface area contributed by atoms with E-state index in [0.29, 0.717) is 49.0 Å². The molecule has 0 aromatic heterocycles. The van der Waals surface area contributed by atoms with Gasteiger partial charge in [-0.1, -0.05) is 174 Å². The summed E-state index contributed by atoms with van der Waals surface area (Å²) in [6.45, 7) is 21.0. The van der Waals surface area contributed by atoms with Gasteiger partial charge in [0.25, 0.3) is 0 Å². The fraction of sp³-hybridized carbons (Fsp3) is 0.556. The molecule has 72 heavy (non-hydrogen) atoms. The Hall–Kier alpha value is -5.44. The third-order valence-electron chi connectivity index (χ3n) is 14.7. The summed E-state index contributed by atoms with van der Waals surface area (Å²) >= 11 is 0. The van der Waals surface area contributed by atoms with Crippen molar-refractivity contribution >= 4 is 35.3 Å². The molecular formula is C63H86O9. The van der Waals surface area contributed by atoms with Gasteiger partial charge < -0.3 is 14.2 Å². The minimum absolute atomic E-state index is 0.0136. The van der Waals surface area contributed by atoms with E-state index in [1.807, 2.05) is 134 Å². The molecule has 4 aliphatic carbocycles. The van der Waals surface area contributed by atoms with E-state index in [9.17, 15) is 28.8 Å². The zero-order chi connectivity index (χ0) is 52.8. The second kappa shape index (κ2) is 29.3. The van der Waals surface area contributed by atoms with Gasteiger partial charge >= 0.3 is 17.9 Å². The number of Topliss-reactive ketones (excluding diaryl/α,β-unsaturated/α-hetero) is 3. The van der Waals surface area contributed by atoms with E-state index >= 15 is 0 Å². The highest BCUT2D eigenvalue weighted by Crippen LogP contribution is 2.44. The standard InChI is InChI=1S/C63H86O9/c1-44(23-19-25-46(3)31-34-54-48(5)60(68)52(40-62(54,7)8)39-53(64)33-36-57(65)70-42-50-27-13-11-14-28-50)21-17-18-22-45(2)24-20-26-47(4)32-35-55-49(6)61(69)56(41-63(55,9)10)72-59(67)38-37-58(66)71-43-51-29-15-12-16-30-51/h17-26,31-32,34-35,50-52,56H,11-16,27-30,33,36-43H2,1-10H3/b18-17+,23-19+,24-20+,34-31+,35-32+,44-21+,45-22+,46-25+,47-26+. The summed E-state index contributed by atoms with van der Waals surface area (Å²) in [6, 6.07) is 0. The third kappa shape index (κ3) is 20.2. The van der Waals surface area contributed by atoms with Crippen LogP contribution < -0.4 is 0 Å². The molecule has 0 radical (unpaired) electrons. The van der Waals surface area contributed by atoms with Crippen molar-refractivity contribution in [2.45, 2.75) is 184 Å². The molecular weight excluding hydrogens is 901 g/mol. The Morgan fingerprint density at radius 2 is 0.917 bits per heavy atom. The van der Waals surface area contributed by atoms with Gasteiger partial charge in [0.05, 0.1) is 32.5 Å². The van der Waals surface area contributed by atoms with Crippen LogP contribution in [0.1, 0.15) is 178 Å². The van der Waals surface area contributed by atoms with Crippen molar-refractivity contribution in [2.24, 2.45) is 28.6 Å².